The van der Waals surface area contributed by atoms with E-state index >= 15 is 0 Å². The van der Waals surface area contributed by atoms with Gasteiger partial charge in [0.25, 0.3) is 0 Å². The highest BCUT2D eigenvalue weighted by atomic mass is 16.5. The first-order valence-corrected chi connectivity index (χ1v) is 7.50. The van der Waals surface area contributed by atoms with Crippen molar-refractivity contribution in [3.63, 3.8) is 0 Å². The fraction of sp³-hybridized carbons (Fsp3) is 0.625. The smallest absolute Gasteiger partial charge is 0.119 e. The zero-order valence-electron chi connectivity index (χ0n) is 11.9. The highest BCUT2D eigenvalue weighted by Crippen LogP contribution is 2.17. The van der Waals surface area contributed by atoms with Gasteiger partial charge >= 0.3 is 0 Å². The molecule has 0 saturated heterocycles. The zero-order chi connectivity index (χ0) is 13.5. The van der Waals surface area contributed by atoms with Gasteiger partial charge in [0.05, 0.1) is 6.61 Å². The molecule has 1 aromatic carbocycles. The number of rotatable bonds is 6. The number of ether oxygens (including phenoxy) is 1. The highest BCUT2D eigenvalue weighted by Gasteiger charge is 2.20. The molecule has 3 heteroatoms. The Morgan fingerprint density at radius 3 is 2.63 bits per heavy atom. The number of benzene rings is 1. The van der Waals surface area contributed by atoms with Crippen LogP contribution in [0.4, 0.5) is 0 Å². The third-order valence-electron chi connectivity index (χ3n) is 3.87. The largest absolute Gasteiger partial charge is 0.494 e. The summed E-state index contributed by atoms with van der Waals surface area (Å²) in [5, 5.41) is 3.60. The molecule has 1 aromatic rings. The van der Waals surface area contributed by atoms with Crippen LogP contribution in [0.25, 0.3) is 0 Å². The summed E-state index contributed by atoms with van der Waals surface area (Å²) in [5.74, 6) is 0.952. The van der Waals surface area contributed by atoms with Crippen LogP contribution in [0.5, 0.6) is 5.75 Å². The van der Waals surface area contributed by atoms with Crippen molar-refractivity contribution in [1.29, 1.82) is 0 Å². The predicted molar refractivity (Wildman–Crippen MR) is 79.5 cm³/mol. The van der Waals surface area contributed by atoms with E-state index in [1.807, 2.05) is 19.1 Å². The molecule has 19 heavy (non-hydrogen) atoms. The fourth-order valence-electron chi connectivity index (χ4n) is 2.73. The van der Waals surface area contributed by atoms with Crippen LogP contribution in [0.1, 0.15) is 38.2 Å². The lowest BCUT2D eigenvalue weighted by atomic mass is 9.91. The molecule has 0 bridgehead atoms. The van der Waals surface area contributed by atoms with E-state index < -0.39 is 0 Å². The summed E-state index contributed by atoms with van der Waals surface area (Å²) in [5.41, 5.74) is 7.48. The van der Waals surface area contributed by atoms with E-state index in [1.54, 1.807) is 0 Å². The molecule has 2 unspecified atom stereocenters. The summed E-state index contributed by atoms with van der Waals surface area (Å²) in [7, 11) is 0. The van der Waals surface area contributed by atoms with Gasteiger partial charge in [-0.05, 0) is 50.4 Å². The lowest BCUT2D eigenvalue weighted by Gasteiger charge is -2.29. The van der Waals surface area contributed by atoms with Gasteiger partial charge in [-0.2, -0.15) is 0 Å². The molecule has 3 nitrogen and oxygen atoms in total. The third kappa shape index (κ3) is 4.51. The average Bonchev–Trinajstić information content (AvgIpc) is 2.43. The molecule has 1 aliphatic carbocycles. The number of nitrogens with one attached hydrogen (secondary N) is 1. The van der Waals surface area contributed by atoms with Crippen molar-refractivity contribution in [2.75, 3.05) is 13.2 Å². The molecule has 0 spiro atoms. The van der Waals surface area contributed by atoms with Gasteiger partial charge in [-0.3, -0.25) is 0 Å². The van der Waals surface area contributed by atoms with Gasteiger partial charge in [-0.25, -0.2) is 0 Å². The van der Waals surface area contributed by atoms with Gasteiger partial charge in [0.15, 0.2) is 0 Å². The molecule has 2 rings (SSSR count). The summed E-state index contributed by atoms with van der Waals surface area (Å²) in [6.45, 7) is 3.73. The van der Waals surface area contributed by atoms with Crippen LogP contribution in [-0.2, 0) is 6.42 Å². The molecular formula is C16H26N2O. The van der Waals surface area contributed by atoms with E-state index in [-0.39, 0.29) is 0 Å². The molecule has 0 radical (unpaired) electrons. The molecular weight excluding hydrogens is 236 g/mol. The third-order valence-corrected chi connectivity index (χ3v) is 3.87. The monoisotopic (exact) mass is 262 g/mol. The summed E-state index contributed by atoms with van der Waals surface area (Å²) in [6, 6.07) is 9.24. The number of hydrogen-bond donors (Lipinski definition) is 2. The Balaban J connectivity index is 1.72. The molecule has 0 heterocycles. The summed E-state index contributed by atoms with van der Waals surface area (Å²) in [6.07, 6.45) is 6.05. The normalized spacial score (nSPS) is 23.3. The second kappa shape index (κ2) is 7.51. The Morgan fingerprint density at radius 2 is 1.95 bits per heavy atom. The van der Waals surface area contributed by atoms with Crippen LogP contribution in [0.15, 0.2) is 24.3 Å². The van der Waals surface area contributed by atoms with Crippen LogP contribution in [0, 0.1) is 0 Å². The Bertz CT molecular complexity index is 364. The molecule has 0 aliphatic heterocycles. The van der Waals surface area contributed by atoms with Gasteiger partial charge in [0.2, 0.25) is 0 Å². The topological polar surface area (TPSA) is 47.3 Å². The van der Waals surface area contributed by atoms with E-state index in [9.17, 15) is 0 Å². The molecule has 106 valence electrons. The number of nitrogens with two attached hydrogens (primary N) is 1. The Labute approximate surface area is 116 Å². The van der Waals surface area contributed by atoms with Crippen LogP contribution >= 0.6 is 0 Å². The summed E-state index contributed by atoms with van der Waals surface area (Å²) in [4.78, 5) is 0. The van der Waals surface area contributed by atoms with Crippen molar-refractivity contribution in [1.82, 2.24) is 5.32 Å². The van der Waals surface area contributed by atoms with E-state index in [0.29, 0.717) is 12.1 Å². The number of hydrogen-bond acceptors (Lipinski definition) is 3. The first-order valence-electron chi connectivity index (χ1n) is 7.50. The van der Waals surface area contributed by atoms with Gasteiger partial charge in [-0.15, -0.1) is 0 Å². The van der Waals surface area contributed by atoms with Crippen molar-refractivity contribution >= 4 is 0 Å². The minimum absolute atomic E-state index is 0.342. The minimum Gasteiger partial charge on any atom is -0.494 e. The Kier molecular flexibility index (Phi) is 5.67. The molecule has 1 saturated carbocycles. The van der Waals surface area contributed by atoms with Crippen molar-refractivity contribution < 1.29 is 4.74 Å². The van der Waals surface area contributed by atoms with Crippen LogP contribution in [0.3, 0.4) is 0 Å². The van der Waals surface area contributed by atoms with Crippen molar-refractivity contribution in [2.45, 2.75) is 51.1 Å². The van der Waals surface area contributed by atoms with E-state index in [1.165, 1.54) is 31.2 Å². The maximum Gasteiger partial charge on any atom is 0.119 e. The Hall–Kier alpha value is -1.06. The molecule has 2 atom stereocenters. The van der Waals surface area contributed by atoms with E-state index in [4.69, 9.17) is 10.5 Å². The van der Waals surface area contributed by atoms with Gasteiger partial charge in [0, 0.05) is 12.1 Å². The predicted octanol–water partition coefficient (Wildman–Crippen LogP) is 2.49. The van der Waals surface area contributed by atoms with Crippen molar-refractivity contribution in [3.8, 4) is 5.75 Å². The van der Waals surface area contributed by atoms with Gasteiger partial charge in [-0.1, -0.05) is 25.0 Å². The minimum atomic E-state index is 0.342. The molecule has 0 aromatic heterocycles. The van der Waals surface area contributed by atoms with Crippen LogP contribution in [0.2, 0.25) is 0 Å². The highest BCUT2D eigenvalue weighted by molar-refractivity contribution is 5.27. The fourth-order valence-corrected chi connectivity index (χ4v) is 2.73. The SMILES string of the molecule is CCOc1ccc(CCNC2CCCCC2N)cc1. The van der Waals surface area contributed by atoms with E-state index in [0.717, 1.165) is 25.3 Å². The Morgan fingerprint density at radius 1 is 1.21 bits per heavy atom. The van der Waals surface area contributed by atoms with Gasteiger partial charge < -0.3 is 15.8 Å². The van der Waals surface area contributed by atoms with Crippen molar-refractivity contribution in [3.05, 3.63) is 29.8 Å². The lowest BCUT2D eigenvalue weighted by Crippen LogP contribution is -2.47. The van der Waals surface area contributed by atoms with Crippen LogP contribution < -0.4 is 15.8 Å². The first-order chi connectivity index (χ1) is 9.29. The maximum absolute atomic E-state index is 6.13. The summed E-state index contributed by atoms with van der Waals surface area (Å²) < 4.78 is 5.44. The second-order valence-corrected chi connectivity index (χ2v) is 5.34. The quantitative estimate of drug-likeness (QED) is 0.828. The lowest BCUT2D eigenvalue weighted by molar-refractivity contribution is 0.329. The molecule has 3 N–H and O–H groups in total. The molecule has 0 amide bonds. The first kappa shape index (κ1) is 14.4. The molecule has 1 aliphatic rings. The van der Waals surface area contributed by atoms with Crippen molar-refractivity contribution in [2.24, 2.45) is 5.73 Å². The standard InChI is InChI=1S/C16H26N2O/c1-2-19-14-9-7-13(8-10-14)11-12-18-16-6-4-3-5-15(16)17/h7-10,15-16,18H,2-6,11-12,17H2,1H3. The van der Waals surface area contributed by atoms with E-state index in [2.05, 4.69) is 17.4 Å². The van der Waals surface area contributed by atoms with Gasteiger partial charge in [0.1, 0.15) is 5.75 Å². The second-order valence-electron chi connectivity index (χ2n) is 5.34. The maximum atomic E-state index is 6.13. The van der Waals surface area contributed by atoms with Crippen LogP contribution in [-0.4, -0.2) is 25.2 Å². The average molecular weight is 262 g/mol. The zero-order valence-corrected chi connectivity index (χ0v) is 11.9. The molecule has 1 fully saturated rings. The summed E-state index contributed by atoms with van der Waals surface area (Å²) >= 11 is 0.